The zero-order valence-electron chi connectivity index (χ0n) is 13.1. The molecule has 2 heteroatoms. The van der Waals surface area contributed by atoms with Crippen LogP contribution in [-0.2, 0) is 6.54 Å². The van der Waals surface area contributed by atoms with Crippen molar-refractivity contribution in [2.45, 2.75) is 45.2 Å². The molecule has 2 aromatic carbocycles. The molecule has 0 heterocycles. The molecule has 0 spiro atoms. The van der Waals surface area contributed by atoms with E-state index in [1.54, 1.807) is 7.11 Å². The van der Waals surface area contributed by atoms with Crippen LogP contribution in [0.4, 0.5) is 0 Å². The van der Waals surface area contributed by atoms with Crippen LogP contribution in [0.5, 0.6) is 5.75 Å². The van der Waals surface area contributed by atoms with Crippen LogP contribution in [0.25, 0.3) is 10.8 Å². The summed E-state index contributed by atoms with van der Waals surface area (Å²) in [6.45, 7) is 3.32. The second kappa shape index (κ2) is 6.48. The molecule has 2 atom stereocenters. The SMILES string of the molecule is COc1ccc(CN[C@H]2CCCC[C@H]2C)c2ccccc12. The van der Waals surface area contributed by atoms with Gasteiger partial charge in [-0.1, -0.05) is 50.1 Å². The fraction of sp³-hybridized carbons (Fsp3) is 0.474. The Morgan fingerprint density at radius 1 is 1.05 bits per heavy atom. The van der Waals surface area contributed by atoms with Crippen molar-refractivity contribution in [3.8, 4) is 5.75 Å². The van der Waals surface area contributed by atoms with Crippen molar-refractivity contribution < 1.29 is 4.74 Å². The molecule has 0 unspecified atom stereocenters. The van der Waals surface area contributed by atoms with Gasteiger partial charge < -0.3 is 10.1 Å². The second-order valence-electron chi connectivity index (χ2n) is 6.22. The fourth-order valence-electron chi connectivity index (χ4n) is 3.53. The fourth-order valence-corrected chi connectivity index (χ4v) is 3.53. The van der Waals surface area contributed by atoms with Crippen LogP contribution in [0.15, 0.2) is 36.4 Å². The van der Waals surface area contributed by atoms with E-state index in [1.165, 1.54) is 42.0 Å². The zero-order valence-corrected chi connectivity index (χ0v) is 13.1. The van der Waals surface area contributed by atoms with Crippen LogP contribution in [0.1, 0.15) is 38.2 Å². The largest absolute Gasteiger partial charge is 0.496 e. The molecular formula is C19H25NO. The van der Waals surface area contributed by atoms with Crippen LogP contribution in [0.2, 0.25) is 0 Å². The van der Waals surface area contributed by atoms with E-state index in [1.807, 2.05) is 0 Å². The number of ether oxygens (including phenoxy) is 1. The normalized spacial score (nSPS) is 22.4. The lowest BCUT2D eigenvalue weighted by molar-refractivity contribution is 0.279. The Balaban J connectivity index is 1.81. The van der Waals surface area contributed by atoms with Gasteiger partial charge in [-0.05, 0) is 35.8 Å². The Bertz CT molecular complexity index is 608. The third-order valence-corrected chi connectivity index (χ3v) is 4.86. The summed E-state index contributed by atoms with van der Waals surface area (Å²) in [5, 5.41) is 6.28. The van der Waals surface area contributed by atoms with Crippen LogP contribution >= 0.6 is 0 Å². The molecule has 2 aromatic rings. The number of benzene rings is 2. The molecule has 0 aliphatic heterocycles. The molecule has 1 fully saturated rings. The minimum absolute atomic E-state index is 0.666. The van der Waals surface area contributed by atoms with Crippen molar-refractivity contribution in [1.29, 1.82) is 0 Å². The van der Waals surface area contributed by atoms with Crippen molar-refractivity contribution in [3.05, 3.63) is 42.0 Å². The summed E-state index contributed by atoms with van der Waals surface area (Å²) in [4.78, 5) is 0. The van der Waals surface area contributed by atoms with Gasteiger partial charge in [0.25, 0.3) is 0 Å². The van der Waals surface area contributed by atoms with Gasteiger partial charge in [0.15, 0.2) is 0 Å². The first-order chi connectivity index (χ1) is 10.3. The van der Waals surface area contributed by atoms with E-state index in [2.05, 4.69) is 48.6 Å². The number of fused-ring (bicyclic) bond motifs is 1. The Morgan fingerprint density at radius 3 is 2.57 bits per heavy atom. The number of methoxy groups -OCH3 is 1. The first-order valence-electron chi connectivity index (χ1n) is 8.07. The molecule has 112 valence electrons. The molecule has 0 radical (unpaired) electrons. The third-order valence-electron chi connectivity index (χ3n) is 4.86. The lowest BCUT2D eigenvalue weighted by atomic mass is 9.86. The van der Waals surface area contributed by atoms with Gasteiger partial charge in [0, 0.05) is 18.0 Å². The van der Waals surface area contributed by atoms with Gasteiger partial charge in [-0.3, -0.25) is 0 Å². The van der Waals surface area contributed by atoms with Crippen molar-refractivity contribution in [1.82, 2.24) is 5.32 Å². The van der Waals surface area contributed by atoms with E-state index in [0.717, 1.165) is 18.2 Å². The summed E-state index contributed by atoms with van der Waals surface area (Å²) >= 11 is 0. The van der Waals surface area contributed by atoms with Gasteiger partial charge in [0.2, 0.25) is 0 Å². The maximum atomic E-state index is 5.47. The Morgan fingerprint density at radius 2 is 1.81 bits per heavy atom. The maximum absolute atomic E-state index is 5.47. The summed E-state index contributed by atoms with van der Waals surface area (Å²) in [6.07, 6.45) is 5.44. The van der Waals surface area contributed by atoms with Crippen LogP contribution in [0, 0.1) is 5.92 Å². The Hall–Kier alpha value is -1.54. The summed E-state index contributed by atoms with van der Waals surface area (Å²) < 4.78 is 5.47. The Labute approximate surface area is 127 Å². The van der Waals surface area contributed by atoms with E-state index in [4.69, 9.17) is 4.74 Å². The quantitative estimate of drug-likeness (QED) is 0.891. The van der Waals surface area contributed by atoms with Crippen molar-refractivity contribution in [3.63, 3.8) is 0 Å². The lowest BCUT2D eigenvalue weighted by Gasteiger charge is -2.30. The second-order valence-corrected chi connectivity index (χ2v) is 6.22. The van der Waals surface area contributed by atoms with Gasteiger partial charge in [-0.25, -0.2) is 0 Å². The molecule has 0 bridgehead atoms. The number of rotatable bonds is 4. The van der Waals surface area contributed by atoms with Crippen molar-refractivity contribution in [2.75, 3.05) is 7.11 Å². The van der Waals surface area contributed by atoms with Gasteiger partial charge in [0.1, 0.15) is 5.75 Å². The predicted molar refractivity (Wildman–Crippen MR) is 88.8 cm³/mol. The van der Waals surface area contributed by atoms with Gasteiger partial charge >= 0.3 is 0 Å². The minimum atomic E-state index is 0.666. The minimum Gasteiger partial charge on any atom is -0.496 e. The Kier molecular flexibility index (Phi) is 4.45. The summed E-state index contributed by atoms with van der Waals surface area (Å²) in [5.41, 5.74) is 1.36. The van der Waals surface area contributed by atoms with E-state index < -0.39 is 0 Å². The topological polar surface area (TPSA) is 21.3 Å². The first-order valence-corrected chi connectivity index (χ1v) is 8.07. The van der Waals surface area contributed by atoms with Crippen molar-refractivity contribution in [2.24, 2.45) is 5.92 Å². The highest BCUT2D eigenvalue weighted by atomic mass is 16.5. The summed E-state index contributed by atoms with van der Waals surface area (Å²) in [6, 6.07) is 13.5. The number of nitrogens with one attached hydrogen (secondary N) is 1. The van der Waals surface area contributed by atoms with Crippen LogP contribution in [-0.4, -0.2) is 13.2 Å². The molecule has 1 saturated carbocycles. The van der Waals surface area contributed by atoms with E-state index in [-0.39, 0.29) is 0 Å². The molecule has 0 amide bonds. The monoisotopic (exact) mass is 283 g/mol. The smallest absolute Gasteiger partial charge is 0.126 e. The standard InChI is InChI=1S/C19H25NO/c1-14-7-3-6-10-18(14)20-13-15-11-12-19(21-2)17-9-5-4-8-16(15)17/h4-5,8-9,11-12,14,18,20H,3,6-7,10,13H2,1-2H3/t14-,18+/m1/s1. The summed E-state index contributed by atoms with van der Waals surface area (Å²) in [5.74, 6) is 1.75. The van der Waals surface area contributed by atoms with Crippen LogP contribution < -0.4 is 10.1 Å². The average molecular weight is 283 g/mol. The zero-order chi connectivity index (χ0) is 14.7. The third kappa shape index (κ3) is 3.06. The van der Waals surface area contributed by atoms with Gasteiger partial charge in [-0.15, -0.1) is 0 Å². The molecule has 3 rings (SSSR count). The molecule has 0 saturated heterocycles. The molecule has 21 heavy (non-hydrogen) atoms. The number of hydrogen-bond acceptors (Lipinski definition) is 2. The lowest BCUT2D eigenvalue weighted by Crippen LogP contribution is -2.36. The summed E-state index contributed by atoms with van der Waals surface area (Å²) in [7, 11) is 1.74. The van der Waals surface area contributed by atoms with E-state index >= 15 is 0 Å². The highest BCUT2D eigenvalue weighted by Crippen LogP contribution is 2.29. The van der Waals surface area contributed by atoms with E-state index in [9.17, 15) is 0 Å². The molecule has 1 N–H and O–H groups in total. The van der Waals surface area contributed by atoms with Gasteiger partial charge in [-0.2, -0.15) is 0 Å². The number of hydrogen-bond donors (Lipinski definition) is 1. The van der Waals surface area contributed by atoms with Crippen molar-refractivity contribution >= 4 is 10.8 Å². The first kappa shape index (κ1) is 14.4. The molecular weight excluding hydrogens is 258 g/mol. The predicted octanol–water partition coefficient (Wildman–Crippen LogP) is 4.52. The molecule has 2 nitrogen and oxygen atoms in total. The van der Waals surface area contributed by atoms with Crippen LogP contribution in [0.3, 0.4) is 0 Å². The molecule has 0 aromatic heterocycles. The highest BCUT2D eigenvalue weighted by molar-refractivity contribution is 5.91. The highest BCUT2D eigenvalue weighted by Gasteiger charge is 2.20. The average Bonchev–Trinajstić information content (AvgIpc) is 2.54. The molecule has 1 aliphatic rings. The van der Waals surface area contributed by atoms with E-state index in [0.29, 0.717) is 6.04 Å². The maximum Gasteiger partial charge on any atom is 0.126 e. The van der Waals surface area contributed by atoms with Gasteiger partial charge in [0.05, 0.1) is 7.11 Å². The molecule has 1 aliphatic carbocycles.